The highest BCUT2D eigenvalue weighted by atomic mass is 32.2. The number of amides is 1. The summed E-state index contributed by atoms with van der Waals surface area (Å²) in [4.78, 5) is 13.2. The van der Waals surface area contributed by atoms with Crippen molar-refractivity contribution in [3.05, 3.63) is 59.0 Å². The highest BCUT2D eigenvalue weighted by molar-refractivity contribution is 7.94. The first-order valence-electron chi connectivity index (χ1n) is 12.0. The van der Waals surface area contributed by atoms with Crippen LogP contribution in [0, 0.1) is 0 Å². The molecule has 0 saturated carbocycles. The fraction of sp³-hybridized carbons (Fsp3) is 0.346. The van der Waals surface area contributed by atoms with Gasteiger partial charge in [-0.25, -0.2) is 8.42 Å². The smallest absolute Gasteiger partial charge is 0.273 e. The van der Waals surface area contributed by atoms with Crippen LogP contribution in [-0.4, -0.2) is 40.7 Å². The Balaban J connectivity index is 1.61. The summed E-state index contributed by atoms with van der Waals surface area (Å²) in [5.41, 5.74) is 2.46. The monoisotopic (exact) mass is 530 g/mol. The van der Waals surface area contributed by atoms with Gasteiger partial charge in [0.25, 0.3) is 15.9 Å². The molecule has 1 aliphatic rings. The van der Waals surface area contributed by atoms with E-state index in [1.807, 2.05) is 26.8 Å². The average molecular weight is 531 g/mol. The molecule has 2 heterocycles. The molecule has 1 aromatic heterocycles. The number of hydrogen-bond donors (Lipinski definition) is 1. The molecule has 1 aliphatic heterocycles. The molecule has 3 aromatic rings. The third-order valence-corrected chi connectivity index (χ3v) is 8.81. The van der Waals surface area contributed by atoms with Crippen molar-refractivity contribution >= 4 is 38.6 Å². The first-order chi connectivity index (χ1) is 17.4. The van der Waals surface area contributed by atoms with E-state index in [1.54, 1.807) is 41.8 Å². The fourth-order valence-corrected chi connectivity index (χ4v) is 6.78. The fourth-order valence-electron chi connectivity index (χ4n) is 4.13. The van der Waals surface area contributed by atoms with Crippen LogP contribution in [0.3, 0.4) is 0 Å². The number of hydrogen-bond acceptors (Lipinski definition) is 7. The Morgan fingerprint density at radius 1 is 1.00 bits per heavy atom. The van der Waals surface area contributed by atoms with Gasteiger partial charge in [-0.1, -0.05) is 6.07 Å². The van der Waals surface area contributed by atoms with Crippen LogP contribution in [0.2, 0.25) is 0 Å². The number of thiophene rings is 1. The number of carbonyl (C=O) groups excluding carboxylic acids is 1. The number of rotatable bonds is 10. The molecule has 192 valence electrons. The van der Waals surface area contributed by atoms with Crippen molar-refractivity contribution in [3.63, 3.8) is 0 Å². The van der Waals surface area contributed by atoms with Crippen LogP contribution in [-0.2, 0) is 16.4 Å². The number of sulfonamides is 1. The lowest BCUT2D eigenvalue weighted by Crippen LogP contribution is -2.35. The van der Waals surface area contributed by atoms with Gasteiger partial charge in [0.05, 0.1) is 25.5 Å². The molecule has 1 amide bonds. The van der Waals surface area contributed by atoms with Crippen LogP contribution in [0.4, 0.5) is 11.4 Å². The molecule has 0 unspecified atom stereocenters. The molecule has 4 rings (SSSR count). The molecule has 0 saturated heterocycles. The zero-order valence-electron chi connectivity index (χ0n) is 20.6. The van der Waals surface area contributed by atoms with Crippen molar-refractivity contribution in [2.45, 2.75) is 37.8 Å². The molecule has 0 aliphatic carbocycles. The summed E-state index contributed by atoms with van der Waals surface area (Å²) < 4.78 is 45.2. The van der Waals surface area contributed by atoms with E-state index in [0.29, 0.717) is 71.2 Å². The zero-order valence-corrected chi connectivity index (χ0v) is 22.2. The summed E-state index contributed by atoms with van der Waals surface area (Å²) in [5, 5.41) is 4.68. The number of nitrogens with zero attached hydrogens (tertiary/aromatic N) is 1. The van der Waals surface area contributed by atoms with Crippen molar-refractivity contribution in [2.24, 2.45) is 0 Å². The number of fused-ring (bicyclic) bond motifs is 1. The van der Waals surface area contributed by atoms with Crippen LogP contribution in [0.15, 0.2) is 52.1 Å². The van der Waals surface area contributed by atoms with Gasteiger partial charge in [-0.3, -0.25) is 9.10 Å². The van der Waals surface area contributed by atoms with E-state index in [2.05, 4.69) is 5.32 Å². The Bertz CT molecular complexity index is 1300. The molecule has 36 heavy (non-hydrogen) atoms. The second-order valence-corrected chi connectivity index (χ2v) is 11.0. The van der Waals surface area contributed by atoms with E-state index >= 15 is 0 Å². The number of benzene rings is 2. The van der Waals surface area contributed by atoms with Crippen LogP contribution >= 0.6 is 11.3 Å². The second kappa shape index (κ2) is 11.2. The van der Waals surface area contributed by atoms with Crippen molar-refractivity contribution in [1.29, 1.82) is 0 Å². The Morgan fingerprint density at radius 2 is 1.69 bits per heavy atom. The van der Waals surface area contributed by atoms with Gasteiger partial charge in [-0.05, 0) is 81.0 Å². The number of anilines is 2. The molecule has 0 spiro atoms. The highest BCUT2D eigenvalue weighted by Gasteiger charge is 2.30. The van der Waals surface area contributed by atoms with Gasteiger partial charge in [-0.15, -0.1) is 11.3 Å². The summed E-state index contributed by atoms with van der Waals surface area (Å²) in [6.07, 6.45) is 1.42. The van der Waals surface area contributed by atoms with Gasteiger partial charge in [0.1, 0.15) is 4.21 Å². The van der Waals surface area contributed by atoms with Gasteiger partial charge < -0.3 is 19.5 Å². The van der Waals surface area contributed by atoms with Crippen molar-refractivity contribution in [1.82, 2.24) is 0 Å². The first-order valence-corrected chi connectivity index (χ1v) is 14.3. The lowest BCUT2D eigenvalue weighted by Gasteiger charge is -2.30. The van der Waals surface area contributed by atoms with Crippen LogP contribution < -0.4 is 23.8 Å². The Hall–Kier alpha value is -3.24. The highest BCUT2D eigenvalue weighted by Crippen LogP contribution is 2.40. The molecule has 8 nitrogen and oxygen atoms in total. The molecule has 0 fully saturated rings. The molecule has 1 N–H and O–H groups in total. The molecule has 0 bridgehead atoms. The maximum absolute atomic E-state index is 13.2. The standard InChI is InChI=1S/C26H30N2O6S2/c1-4-32-22-16-19(17-23(33-5-2)25(22)34-6-3)26(29)27-20-11-12-21-18(15-20)9-7-13-28(21)36(30,31)24-10-8-14-35-24/h8,10-12,14-17H,4-7,9,13H2,1-3H3,(H,27,29). The zero-order chi connectivity index (χ0) is 25.7. The van der Waals surface area contributed by atoms with Crippen molar-refractivity contribution < 1.29 is 27.4 Å². The van der Waals surface area contributed by atoms with Crippen LogP contribution in [0.5, 0.6) is 17.2 Å². The molecular weight excluding hydrogens is 500 g/mol. The second-order valence-electron chi connectivity index (χ2n) is 8.01. The lowest BCUT2D eigenvalue weighted by molar-refractivity contribution is 0.102. The quantitative estimate of drug-likeness (QED) is 0.380. The maximum Gasteiger partial charge on any atom is 0.273 e. The van der Waals surface area contributed by atoms with E-state index < -0.39 is 10.0 Å². The van der Waals surface area contributed by atoms with Gasteiger partial charge in [-0.2, -0.15) is 0 Å². The number of ether oxygens (including phenoxy) is 3. The number of carbonyl (C=O) groups is 1. The molecular formula is C26H30N2O6S2. The minimum atomic E-state index is -3.62. The molecule has 0 atom stereocenters. The summed E-state index contributed by atoms with van der Waals surface area (Å²) in [6, 6.07) is 11.9. The van der Waals surface area contributed by atoms with E-state index in [4.69, 9.17) is 14.2 Å². The minimum Gasteiger partial charge on any atom is -0.490 e. The maximum atomic E-state index is 13.2. The van der Waals surface area contributed by atoms with Crippen molar-refractivity contribution in [2.75, 3.05) is 36.0 Å². The van der Waals surface area contributed by atoms with E-state index in [1.165, 1.54) is 15.6 Å². The lowest BCUT2D eigenvalue weighted by atomic mass is 10.0. The Kier molecular flexibility index (Phi) is 8.05. The minimum absolute atomic E-state index is 0.318. The summed E-state index contributed by atoms with van der Waals surface area (Å²) in [6.45, 7) is 7.26. The molecule has 10 heteroatoms. The van der Waals surface area contributed by atoms with Crippen molar-refractivity contribution in [3.8, 4) is 17.2 Å². The Labute approximate surface area is 215 Å². The molecule has 2 aromatic carbocycles. The largest absolute Gasteiger partial charge is 0.490 e. The van der Waals surface area contributed by atoms with Gasteiger partial charge in [0, 0.05) is 17.8 Å². The average Bonchev–Trinajstić information content (AvgIpc) is 3.42. The summed E-state index contributed by atoms with van der Waals surface area (Å²) >= 11 is 1.20. The van der Waals surface area contributed by atoms with E-state index in [9.17, 15) is 13.2 Å². The topological polar surface area (TPSA) is 94.2 Å². The predicted octanol–water partition coefficient (Wildman–Crippen LogP) is 5.34. The van der Waals surface area contributed by atoms with E-state index in [-0.39, 0.29) is 5.91 Å². The van der Waals surface area contributed by atoms with Crippen LogP contribution in [0.25, 0.3) is 0 Å². The third kappa shape index (κ3) is 5.29. The van der Waals surface area contributed by atoms with Gasteiger partial charge >= 0.3 is 0 Å². The first kappa shape index (κ1) is 25.8. The molecule has 0 radical (unpaired) electrons. The predicted molar refractivity (Wildman–Crippen MR) is 142 cm³/mol. The number of aryl methyl sites for hydroxylation is 1. The van der Waals surface area contributed by atoms with E-state index in [0.717, 1.165) is 12.0 Å². The summed E-state index contributed by atoms with van der Waals surface area (Å²) in [5.74, 6) is 1.02. The summed E-state index contributed by atoms with van der Waals surface area (Å²) in [7, 11) is -3.62. The Morgan fingerprint density at radius 3 is 2.31 bits per heavy atom. The number of nitrogens with one attached hydrogen (secondary N) is 1. The van der Waals surface area contributed by atoms with Gasteiger partial charge in [0.2, 0.25) is 5.75 Å². The van der Waals surface area contributed by atoms with Crippen LogP contribution in [0.1, 0.15) is 43.1 Å². The normalized spacial score (nSPS) is 13.1. The van der Waals surface area contributed by atoms with Gasteiger partial charge in [0.15, 0.2) is 11.5 Å². The SMILES string of the molecule is CCOc1cc(C(=O)Nc2ccc3c(c2)CCCN3S(=O)(=O)c2cccs2)cc(OCC)c1OCC. The third-order valence-electron chi connectivity index (χ3n) is 5.62.